The van der Waals surface area contributed by atoms with E-state index in [0.29, 0.717) is 18.5 Å². The molecular weight excluding hydrogens is 411 g/mol. The lowest BCUT2D eigenvalue weighted by Crippen LogP contribution is -2.47. The van der Waals surface area contributed by atoms with Gasteiger partial charge < -0.3 is 16.0 Å². The number of rotatable bonds is 6. The number of amides is 1. The van der Waals surface area contributed by atoms with E-state index in [-0.39, 0.29) is 17.8 Å². The highest BCUT2D eigenvalue weighted by Gasteiger charge is 2.27. The van der Waals surface area contributed by atoms with E-state index in [1.54, 1.807) is 23.5 Å². The molecule has 0 radical (unpaired) electrons. The molecule has 1 saturated heterocycles. The Morgan fingerprint density at radius 1 is 1.26 bits per heavy atom. The molecule has 2 aromatic carbocycles. The van der Waals surface area contributed by atoms with Gasteiger partial charge in [0, 0.05) is 30.4 Å². The number of carbonyl (C=O) groups excluding carboxylic acids is 1. The molecule has 31 heavy (non-hydrogen) atoms. The van der Waals surface area contributed by atoms with Gasteiger partial charge in [-0.1, -0.05) is 24.3 Å². The molecule has 7 heteroatoms. The number of benzene rings is 2. The zero-order valence-electron chi connectivity index (χ0n) is 16.9. The van der Waals surface area contributed by atoms with Crippen LogP contribution in [0.5, 0.6) is 0 Å². The van der Waals surface area contributed by atoms with Gasteiger partial charge in [0.1, 0.15) is 11.9 Å². The highest BCUT2D eigenvalue weighted by molar-refractivity contribution is 7.09. The molecule has 5 nitrogen and oxygen atoms in total. The summed E-state index contributed by atoms with van der Waals surface area (Å²) in [5, 5.41) is 14.7. The van der Waals surface area contributed by atoms with Crippen molar-refractivity contribution in [1.29, 1.82) is 5.26 Å². The van der Waals surface area contributed by atoms with Gasteiger partial charge in [-0.3, -0.25) is 4.79 Å². The first-order valence-corrected chi connectivity index (χ1v) is 11.0. The summed E-state index contributed by atoms with van der Waals surface area (Å²) < 4.78 is 13.2. The molecule has 1 aromatic heterocycles. The van der Waals surface area contributed by atoms with Crippen molar-refractivity contribution in [3.63, 3.8) is 0 Å². The molecule has 1 fully saturated rings. The number of nitrogens with two attached hydrogens (primary N) is 1. The molecule has 158 valence electrons. The minimum Gasteiger partial charge on any atom is -0.368 e. The largest absolute Gasteiger partial charge is 0.368 e. The van der Waals surface area contributed by atoms with Crippen molar-refractivity contribution in [2.45, 2.75) is 24.9 Å². The third-order valence-corrected chi connectivity index (χ3v) is 6.41. The number of carbonyl (C=O) groups is 1. The van der Waals surface area contributed by atoms with Gasteiger partial charge in [0.15, 0.2) is 0 Å². The topological polar surface area (TPSA) is 82.2 Å². The van der Waals surface area contributed by atoms with Crippen molar-refractivity contribution < 1.29 is 9.18 Å². The summed E-state index contributed by atoms with van der Waals surface area (Å²) in [6.45, 7) is 1.37. The fraction of sp³-hybridized carbons (Fsp3) is 0.250. The predicted octanol–water partition coefficient (Wildman–Crippen LogP) is 3.69. The summed E-state index contributed by atoms with van der Waals surface area (Å²) in [6, 6.07) is 17.5. The first-order valence-electron chi connectivity index (χ1n) is 10.2. The maximum absolute atomic E-state index is 13.2. The second-order valence-corrected chi connectivity index (χ2v) is 8.71. The Morgan fingerprint density at radius 3 is 2.74 bits per heavy atom. The van der Waals surface area contributed by atoms with E-state index in [2.05, 4.69) is 16.3 Å². The van der Waals surface area contributed by atoms with Crippen LogP contribution in [0.4, 0.5) is 10.1 Å². The van der Waals surface area contributed by atoms with E-state index in [9.17, 15) is 14.4 Å². The number of anilines is 1. The molecule has 1 aliphatic rings. The molecule has 2 unspecified atom stereocenters. The van der Waals surface area contributed by atoms with Crippen LogP contribution in [0.15, 0.2) is 60.0 Å². The molecular formula is C24H23FN4OS. The van der Waals surface area contributed by atoms with Crippen molar-refractivity contribution in [2.75, 3.05) is 18.0 Å². The summed E-state index contributed by atoms with van der Waals surface area (Å²) in [7, 11) is 0. The molecule has 1 amide bonds. The van der Waals surface area contributed by atoms with Crippen LogP contribution < -0.4 is 16.0 Å². The smallest absolute Gasteiger partial charge is 0.237 e. The van der Waals surface area contributed by atoms with E-state index in [0.717, 1.165) is 34.7 Å². The van der Waals surface area contributed by atoms with Crippen LogP contribution in [-0.2, 0) is 11.2 Å². The van der Waals surface area contributed by atoms with Crippen LogP contribution in [0, 0.1) is 17.1 Å². The van der Waals surface area contributed by atoms with Gasteiger partial charge in [0.25, 0.3) is 0 Å². The van der Waals surface area contributed by atoms with Crippen LogP contribution in [0.3, 0.4) is 0 Å². The van der Waals surface area contributed by atoms with Gasteiger partial charge in [-0.25, -0.2) is 4.39 Å². The Morgan fingerprint density at radius 2 is 2.03 bits per heavy atom. The Labute approximate surface area is 184 Å². The average molecular weight is 435 g/mol. The standard InChI is InChI=1S/C24H23FN4OS/c25-19-6-3-16(4-7-19)17-5-8-23(18(12-17)14-26)29-10-9-20(15-29)28-24(30)22(27)13-21-2-1-11-31-21/h1-8,11-12,20,22H,9-10,13,15,27H2,(H,28,30). The molecule has 0 spiro atoms. The van der Waals surface area contributed by atoms with Crippen molar-refractivity contribution in [3.8, 4) is 17.2 Å². The lowest BCUT2D eigenvalue weighted by atomic mass is 10.0. The third-order valence-electron chi connectivity index (χ3n) is 5.51. The van der Waals surface area contributed by atoms with Crippen molar-refractivity contribution in [2.24, 2.45) is 5.73 Å². The lowest BCUT2D eigenvalue weighted by Gasteiger charge is -2.21. The average Bonchev–Trinajstić information content (AvgIpc) is 3.46. The quantitative estimate of drug-likeness (QED) is 0.620. The van der Waals surface area contributed by atoms with Crippen LogP contribution in [0.1, 0.15) is 16.9 Å². The normalized spacial score (nSPS) is 16.7. The van der Waals surface area contributed by atoms with Crippen LogP contribution in [0.2, 0.25) is 0 Å². The van der Waals surface area contributed by atoms with Crippen LogP contribution in [-0.4, -0.2) is 31.1 Å². The monoisotopic (exact) mass is 434 g/mol. The summed E-state index contributed by atoms with van der Waals surface area (Å²) in [6.07, 6.45) is 1.32. The second kappa shape index (κ2) is 9.29. The Balaban J connectivity index is 1.41. The summed E-state index contributed by atoms with van der Waals surface area (Å²) >= 11 is 1.60. The van der Waals surface area contributed by atoms with E-state index < -0.39 is 6.04 Å². The zero-order chi connectivity index (χ0) is 21.8. The molecule has 0 saturated carbocycles. The molecule has 3 N–H and O–H groups in total. The number of halogens is 1. The Bertz CT molecular complexity index is 1090. The van der Waals surface area contributed by atoms with Crippen LogP contribution >= 0.6 is 11.3 Å². The van der Waals surface area contributed by atoms with E-state index in [1.807, 2.05) is 35.7 Å². The van der Waals surface area contributed by atoms with Crippen molar-refractivity contribution in [3.05, 3.63) is 76.2 Å². The minimum absolute atomic E-state index is 0.00907. The summed E-state index contributed by atoms with van der Waals surface area (Å²) in [5.74, 6) is -0.437. The number of hydrogen-bond acceptors (Lipinski definition) is 5. The van der Waals surface area contributed by atoms with Gasteiger partial charge in [0.2, 0.25) is 5.91 Å². The molecule has 4 rings (SSSR count). The van der Waals surface area contributed by atoms with Crippen molar-refractivity contribution in [1.82, 2.24) is 5.32 Å². The number of nitrogens with zero attached hydrogens (tertiary/aromatic N) is 2. The number of nitrogens with one attached hydrogen (secondary N) is 1. The van der Waals surface area contributed by atoms with Gasteiger partial charge >= 0.3 is 0 Å². The second-order valence-electron chi connectivity index (χ2n) is 7.68. The molecule has 0 bridgehead atoms. The Hall–Kier alpha value is -3.21. The van der Waals surface area contributed by atoms with Crippen molar-refractivity contribution >= 4 is 22.9 Å². The van der Waals surface area contributed by atoms with Gasteiger partial charge in [0.05, 0.1) is 17.3 Å². The zero-order valence-corrected chi connectivity index (χ0v) is 17.7. The molecule has 2 atom stereocenters. The minimum atomic E-state index is -0.572. The highest BCUT2D eigenvalue weighted by Crippen LogP contribution is 2.29. The fourth-order valence-corrected chi connectivity index (χ4v) is 4.63. The van der Waals surface area contributed by atoms with Crippen LogP contribution in [0.25, 0.3) is 11.1 Å². The first-order chi connectivity index (χ1) is 15.0. The lowest BCUT2D eigenvalue weighted by molar-refractivity contribution is -0.122. The van der Waals surface area contributed by atoms with E-state index >= 15 is 0 Å². The maximum Gasteiger partial charge on any atom is 0.237 e. The SMILES string of the molecule is N#Cc1cc(-c2ccc(F)cc2)ccc1N1CCC(NC(=O)C(N)Cc2cccs2)C1. The third kappa shape index (κ3) is 4.93. The van der Waals surface area contributed by atoms with Gasteiger partial charge in [-0.05, 0) is 53.3 Å². The molecule has 2 heterocycles. The van der Waals surface area contributed by atoms with E-state index in [4.69, 9.17) is 5.73 Å². The number of nitriles is 1. The first kappa shape index (κ1) is 21.0. The molecule has 0 aliphatic carbocycles. The number of thiophene rings is 1. The molecule has 3 aromatic rings. The number of hydrogen-bond donors (Lipinski definition) is 2. The van der Waals surface area contributed by atoms with Gasteiger partial charge in [-0.15, -0.1) is 11.3 Å². The Kier molecular flexibility index (Phi) is 6.31. The summed E-state index contributed by atoms with van der Waals surface area (Å²) in [5.41, 5.74) is 9.19. The summed E-state index contributed by atoms with van der Waals surface area (Å²) in [4.78, 5) is 15.7. The molecule has 1 aliphatic heterocycles. The highest BCUT2D eigenvalue weighted by atomic mass is 32.1. The maximum atomic E-state index is 13.2. The van der Waals surface area contributed by atoms with Gasteiger partial charge in [-0.2, -0.15) is 5.26 Å². The van der Waals surface area contributed by atoms with E-state index in [1.165, 1.54) is 12.1 Å². The fourth-order valence-electron chi connectivity index (χ4n) is 3.87. The predicted molar refractivity (Wildman–Crippen MR) is 121 cm³/mol.